The molecule has 0 aromatic carbocycles. The predicted molar refractivity (Wildman–Crippen MR) is 162 cm³/mol. The molecular formula is C35H57N3O2. The van der Waals surface area contributed by atoms with Crippen LogP contribution < -0.4 is 5.73 Å². The van der Waals surface area contributed by atoms with Gasteiger partial charge in [0.15, 0.2) is 0 Å². The molecule has 2 N–H and O–H groups in total. The first-order valence-electron chi connectivity index (χ1n) is 16.4. The van der Waals surface area contributed by atoms with Gasteiger partial charge >= 0.3 is 5.97 Å². The number of nitrogens with two attached hydrogens (primary N) is 1. The number of hydrogen-bond acceptors (Lipinski definition) is 5. The Labute approximate surface area is 245 Å². The van der Waals surface area contributed by atoms with Gasteiger partial charge in [-0.15, -0.1) is 0 Å². The lowest BCUT2D eigenvalue weighted by atomic mass is 9.44. The Hall–Kier alpha value is -1.85. The Morgan fingerprint density at radius 3 is 2.45 bits per heavy atom. The highest BCUT2D eigenvalue weighted by Gasteiger charge is 2.64. The number of fused-ring (bicyclic) bond motifs is 5. The fourth-order valence-corrected chi connectivity index (χ4v) is 9.20. The molecule has 4 aliphatic carbocycles. The number of carbonyl (C=O) groups excluding carboxylic acids is 1. The molecule has 4 rings (SSSR count). The number of esters is 1. The molecule has 3 fully saturated rings. The predicted octanol–water partition coefficient (Wildman–Crippen LogP) is 8.63. The number of rotatable bonds is 9. The summed E-state index contributed by atoms with van der Waals surface area (Å²) in [5.41, 5.74) is 8.17. The minimum atomic E-state index is -1.14. The van der Waals surface area contributed by atoms with Crippen LogP contribution in [-0.2, 0) is 9.53 Å². The lowest BCUT2D eigenvalue weighted by molar-refractivity contribution is -0.152. The second-order valence-electron chi connectivity index (χ2n) is 14.5. The van der Waals surface area contributed by atoms with Gasteiger partial charge in [0, 0.05) is 18.4 Å². The lowest BCUT2D eigenvalue weighted by Gasteiger charge is -2.63. The second-order valence-corrected chi connectivity index (χ2v) is 14.5. The maximum atomic E-state index is 12.5. The summed E-state index contributed by atoms with van der Waals surface area (Å²) in [6.45, 7) is 15.3. The third kappa shape index (κ3) is 6.31. The van der Waals surface area contributed by atoms with Crippen molar-refractivity contribution in [3.8, 4) is 12.1 Å². The number of ether oxygens (including phenoxy) is 1. The smallest absolute Gasteiger partial charge is 0.306 e. The molecule has 40 heavy (non-hydrogen) atoms. The van der Waals surface area contributed by atoms with E-state index in [9.17, 15) is 15.3 Å². The standard InChI is InChI=1S/C33H51N3O2.C2H6/c1-23(2)8-6-7-9-24-10-11-27-31(24,4)18-14-28-32(5)17-13-26(20-25(32)12-19-33(27,28)36)38-29(37)15-16-30(3,21-34)22-35;1-2/h12,23-24,26-28H,6-11,13-20,36H2,1-5H3;1-2H3/t24?,26?,27?,28?,31-,32+,33-;/m1./s1. The zero-order chi connectivity index (χ0) is 29.8. The van der Waals surface area contributed by atoms with Crippen molar-refractivity contribution in [1.82, 2.24) is 0 Å². The molecule has 0 spiro atoms. The Bertz CT molecular complexity index is 991. The van der Waals surface area contributed by atoms with E-state index in [1.54, 1.807) is 6.92 Å². The molecule has 3 saturated carbocycles. The molecule has 0 saturated heterocycles. The second kappa shape index (κ2) is 13.0. The number of nitriles is 2. The van der Waals surface area contributed by atoms with E-state index in [2.05, 4.69) is 33.8 Å². The van der Waals surface area contributed by atoms with E-state index < -0.39 is 5.41 Å². The Balaban J connectivity index is 0.00000216. The summed E-state index contributed by atoms with van der Waals surface area (Å²) in [6.07, 6.45) is 16.8. The van der Waals surface area contributed by atoms with E-state index in [-0.39, 0.29) is 35.9 Å². The van der Waals surface area contributed by atoms with Crippen LogP contribution in [0.15, 0.2) is 11.6 Å². The van der Waals surface area contributed by atoms with Gasteiger partial charge in [0.2, 0.25) is 0 Å². The summed E-state index contributed by atoms with van der Waals surface area (Å²) >= 11 is 0. The van der Waals surface area contributed by atoms with E-state index in [1.807, 2.05) is 26.0 Å². The van der Waals surface area contributed by atoms with Crippen LogP contribution in [0.25, 0.3) is 0 Å². The zero-order valence-electron chi connectivity index (χ0n) is 26.7. The highest BCUT2D eigenvalue weighted by molar-refractivity contribution is 5.69. The number of unbranched alkanes of at least 4 members (excludes halogenated alkanes) is 1. The van der Waals surface area contributed by atoms with Crippen molar-refractivity contribution in [3.05, 3.63) is 11.6 Å². The fraction of sp³-hybridized carbons (Fsp3) is 0.857. The van der Waals surface area contributed by atoms with Gasteiger partial charge in [0.05, 0.1) is 12.1 Å². The van der Waals surface area contributed by atoms with E-state index in [1.165, 1.54) is 56.9 Å². The van der Waals surface area contributed by atoms with E-state index >= 15 is 0 Å². The maximum Gasteiger partial charge on any atom is 0.306 e. The highest BCUT2D eigenvalue weighted by atomic mass is 16.5. The number of hydrogen-bond donors (Lipinski definition) is 1. The van der Waals surface area contributed by atoms with Crippen LogP contribution in [0.2, 0.25) is 0 Å². The largest absolute Gasteiger partial charge is 0.462 e. The molecule has 0 radical (unpaired) electrons. The van der Waals surface area contributed by atoms with Crippen LogP contribution in [-0.4, -0.2) is 17.6 Å². The number of carbonyl (C=O) groups is 1. The van der Waals surface area contributed by atoms with Crippen molar-refractivity contribution in [2.75, 3.05) is 0 Å². The molecule has 5 nitrogen and oxygen atoms in total. The molecule has 0 amide bonds. The lowest BCUT2D eigenvalue weighted by Crippen LogP contribution is -2.66. The van der Waals surface area contributed by atoms with Crippen molar-refractivity contribution in [1.29, 1.82) is 10.5 Å². The third-order valence-corrected chi connectivity index (χ3v) is 11.6. The van der Waals surface area contributed by atoms with Crippen molar-refractivity contribution < 1.29 is 9.53 Å². The van der Waals surface area contributed by atoms with Gasteiger partial charge in [-0.3, -0.25) is 4.79 Å². The van der Waals surface area contributed by atoms with Gasteiger partial charge in [0.1, 0.15) is 11.5 Å². The molecule has 7 atom stereocenters. The molecule has 0 heterocycles. The van der Waals surface area contributed by atoms with Crippen LogP contribution in [0.1, 0.15) is 138 Å². The summed E-state index contributed by atoms with van der Waals surface area (Å²) in [5, 5.41) is 18.4. The normalized spacial score (nSPS) is 36.5. The Kier molecular flexibility index (Phi) is 10.6. The van der Waals surface area contributed by atoms with Crippen molar-refractivity contribution >= 4 is 5.97 Å². The number of nitrogens with zero attached hydrogens (tertiary/aromatic N) is 2. The monoisotopic (exact) mass is 551 g/mol. The summed E-state index contributed by atoms with van der Waals surface area (Å²) < 4.78 is 5.86. The molecule has 4 aliphatic rings. The summed E-state index contributed by atoms with van der Waals surface area (Å²) in [5.74, 6) is 2.42. The minimum absolute atomic E-state index is 0.0901. The summed E-state index contributed by atoms with van der Waals surface area (Å²) in [4.78, 5) is 12.5. The van der Waals surface area contributed by atoms with Gasteiger partial charge < -0.3 is 10.5 Å². The quantitative estimate of drug-likeness (QED) is 0.176. The van der Waals surface area contributed by atoms with Crippen molar-refractivity contribution in [2.45, 2.75) is 150 Å². The van der Waals surface area contributed by atoms with Gasteiger partial charge in [-0.05, 0) is 99.2 Å². The van der Waals surface area contributed by atoms with Gasteiger partial charge in [-0.25, -0.2) is 0 Å². The topological polar surface area (TPSA) is 99.9 Å². The van der Waals surface area contributed by atoms with E-state index in [0.717, 1.165) is 37.5 Å². The zero-order valence-corrected chi connectivity index (χ0v) is 26.7. The molecular weight excluding hydrogens is 494 g/mol. The van der Waals surface area contributed by atoms with E-state index in [4.69, 9.17) is 10.5 Å². The van der Waals surface area contributed by atoms with Crippen LogP contribution in [0, 0.1) is 62.6 Å². The Morgan fingerprint density at radius 1 is 1.10 bits per heavy atom. The summed E-state index contributed by atoms with van der Waals surface area (Å²) in [6, 6.07) is 4.01. The van der Waals surface area contributed by atoms with Gasteiger partial charge in [-0.2, -0.15) is 10.5 Å². The first-order chi connectivity index (χ1) is 18.9. The molecule has 0 aliphatic heterocycles. The van der Waals surface area contributed by atoms with Crippen LogP contribution >= 0.6 is 0 Å². The molecule has 0 bridgehead atoms. The average molecular weight is 552 g/mol. The molecule has 0 aromatic heterocycles. The average Bonchev–Trinajstić information content (AvgIpc) is 3.28. The van der Waals surface area contributed by atoms with Gasteiger partial charge in [-0.1, -0.05) is 72.5 Å². The van der Waals surface area contributed by atoms with Crippen molar-refractivity contribution in [3.63, 3.8) is 0 Å². The molecule has 4 unspecified atom stereocenters. The molecule has 0 aromatic rings. The fourth-order valence-electron chi connectivity index (χ4n) is 9.20. The van der Waals surface area contributed by atoms with Crippen LogP contribution in [0.4, 0.5) is 0 Å². The maximum absolute atomic E-state index is 12.5. The highest BCUT2D eigenvalue weighted by Crippen LogP contribution is 2.67. The first kappa shape index (κ1) is 32.7. The first-order valence-corrected chi connectivity index (χ1v) is 16.4. The van der Waals surface area contributed by atoms with E-state index in [0.29, 0.717) is 17.3 Å². The molecule has 224 valence electrons. The minimum Gasteiger partial charge on any atom is -0.462 e. The third-order valence-electron chi connectivity index (χ3n) is 11.6. The van der Waals surface area contributed by atoms with Gasteiger partial charge in [0.25, 0.3) is 0 Å². The molecule has 5 heteroatoms. The van der Waals surface area contributed by atoms with Crippen LogP contribution in [0.3, 0.4) is 0 Å². The SMILES string of the molecule is CC.CC(C)CCCCC1CCC2[C@]1(C)CCC1[C@@]2(N)CC=C2CC(OC(=O)CCC(C)(C#N)C#N)CC[C@@]21C. The van der Waals surface area contributed by atoms with Crippen molar-refractivity contribution in [2.24, 2.45) is 45.7 Å². The van der Waals surface area contributed by atoms with Crippen LogP contribution in [0.5, 0.6) is 0 Å². The summed E-state index contributed by atoms with van der Waals surface area (Å²) in [7, 11) is 0. The Morgan fingerprint density at radius 2 is 1.80 bits per heavy atom.